The molecule has 1 aromatic rings. The van der Waals surface area contributed by atoms with E-state index in [1.54, 1.807) is 6.92 Å². The zero-order valence-electron chi connectivity index (χ0n) is 13.3. The first-order valence-electron chi connectivity index (χ1n) is 7.64. The van der Waals surface area contributed by atoms with Crippen molar-refractivity contribution in [2.75, 3.05) is 6.61 Å². The van der Waals surface area contributed by atoms with E-state index in [9.17, 15) is 14.4 Å². The Bertz CT molecular complexity index is 577. The number of hydrogen-bond acceptors (Lipinski definition) is 5. The highest BCUT2D eigenvalue weighted by Gasteiger charge is 2.31. The van der Waals surface area contributed by atoms with E-state index in [0.717, 1.165) is 5.56 Å². The standard InChI is InChI=1S/C16H20BNO5/c1-10-7-12(8-11-5-3-2-4-6-11)14(19)22-9-13(15(20)23-10)18-16(17)21/h2-6,10,12-13H,7-9,17H2,1H3,(H,18,21)/t10-,12-,13?/m0/s1. The average molecular weight is 317 g/mol. The molecule has 0 bridgehead atoms. The van der Waals surface area contributed by atoms with Gasteiger partial charge in [-0.3, -0.25) is 9.59 Å². The molecule has 1 fully saturated rings. The van der Waals surface area contributed by atoms with Crippen molar-refractivity contribution in [1.29, 1.82) is 0 Å². The number of hydrogen-bond donors (Lipinski definition) is 1. The lowest BCUT2D eigenvalue weighted by atomic mass is 9.94. The van der Waals surface area contributed by atoms with Gasteiger partial charge in [-0.2, -0.15) is 0 Å². The zero-order valence-corrected chi connectivity index (χ0v) is 13.3. The van der Waals surface area contributed by atoms with Gasteiger partial charge in [0.2, 0.25) is 7.85 Å². The number of nitrogens with one attached hydrogen (secondary N) is 1. The summed E-state index contributed by atoms with van der Waals surface area (Å²) >= 11 is 0. The Labute approximate surface area is 135 Å². The number of carbonyl (C=O) groups is 3. The molecular formula is C16H20BNO5. The van der Waals surface area contributed by atoms with E-state index in [1.165, 1.54) is 7.85 Å². The Balaban J connectivity index is 2.10. The molecule has 23 heavy (non-hydrogen) atoms. The van der Waals surface area contributed by atoms with Crippen molar-refractivity contribution >= 4 is 25.6 Å². The van der Waals surface area contributed by atoms with Gasteiger partial charge >= 0.3 is 11.9 Å². The Kier molecular flexibility index (Phi) is 5.79. The Morgan fingerprint density at radius 3 is 2.61 bits per heavy atom. The third kappa shape index (κ3) is 5.12. The molecule has 1 saturated heterocycles. The lowest BCUT2D eigenvalue weighted by molar-refractivity contribution is -0.152. The van der Waals surface area contributed by atoms with E-state index in [2.05, 4.69) is 5.32 Å². The van der Waals surface area contributed by atoms with Crippen LogP contribution < -0.4 is 5.32 Å². The third-order valence-corrected chi connectivity index (χ3v) is 3.65. The van der Waals surface area contributed by atoms with E-state index >= 15 is 0 Å². The number of ether oxygens (including phenoxy) is 2. The Morgan fingerprint density at radius 1 is 1.26 bits per heavy atom. The van der Waals surface area contributed by atoms with Gasteiger partial charge in [0.25, 0.3) is 0 Å². The van der Waals surface area contributed by atoms with E-state index in [1.807, 2.05) is 30.3 Å². The van der Waals surface area contributed by atoms with E-state index in [-0.39, 0.29) is 18.4 Å². The highest BCUT2D eigenvalue weighted by atomic mass is 16.6. The van der Waals surface area contributed by atoms with Crippen LogP contribution in [0.15, 0.2) is 30.3 Å². The predicted octanol–water partition coefficient (Wildman–Crippen LogP) is 0.435. The average Bonchev–Trinajstić information content (AvgIpc) is 2.54. The molecule has 2 rings (SSSR count). The van der Waals surface area contributed by atoms with Crippen molar-refractivity contribution in [1.82, 2.24) is 5.32 Å². The van der Waals surface area contributed by atoms with Gasteiger partial charge in [-0.25, -0.2) is 4.79 Å². The SMILES string of the molecule is BC(=O)NC1COC(=O)[C@H](Cc2ccccc2)C[C@H](C)OC1=O. The molecule has 6 nitrogen and oxygen atoms in total. The third-order valence-electron chi connectivity index (χ3n) is 3.65. The molecule has 0 aliphatic carbocycles. The van der Waals surface area contributed by atoms with Crippen LogP contribution in [0.5, 0.6) is 0 Å². The van der Waals surface area contributed by atoms with Crippen molar-refractivity contribution in [2.24, 2.45) is 5.92 Å². The van der Waals surface area contributed by atoms with E-state index < -0.39 is 24.0 Å². The summed E-state index contributed by atoms with van der Waals surface area (Å²) in [4.78, 5) is 35.5. The maximum Gasteiger partial charge on any atom is 0.332 e. The molecular weight excluding hydrogens is 297 g/mol. The van der Waals surface area contributed by atoms with Gasteiger partial charge in [-0.1, -0.05) is 30.3 Å². The molecule has 122 valence electrons. The summed E-state index contributed by atoms with van der Waals surface area (Å²) in [6.07, 6.45) is 0.469. The summed E-state index contributed by atoms with van der Waals surface area (Å²) in [5, 5.41) is 2.44. The Morgan fingerprint density at radius 2 is 1.96 bits per heavy atom. The molecule has 1 N–H and O–H groups in total. The number of benzene rings is 1. The minimum atomic E-state index is -0.964. The van der Waals surface area contributed by atoms with Gasteiger partial charge in [-0.05, 0) is 25.3 Å². The number of carbonyl (C=O) groups excluding carboxylic acids is 3. The smallest absolute Gasteiger partial charge is 0.332 e. The van der Waals surface area contributed by atoms with Crippen molar-refractivity contribution in [3.05, 3.63) is 35.9 Å². The molecule has 0 aromatic heterocycles. The van der Waals surface area contributed by atoms with Gasteiger partial charge in [0.15, 0.2) is 11.8 Å². The van der Waals surface area contributed by atoms with Crippen LogP contribution in [-0.2, 0) is 25.5 Å². The van der Waals surface area contributed by atoms with Crippen LogP contribution in [0.25, 0.3) is 0 Å². The molecule has 1 aliphatic heterocycles. The molecule has 3 atom stereocenters. The van der Waals surface area contributed by atoms with E-state index in [4.69, 9.17) is 9.47 Å². The lowest BCUT2D eigenvalue weighted by Gasteiger charge is -2.18. The first-order chi connectivity index (χ1) is 11.0. The summed E-state index contributed by atoms with van der Waals surface area (Å²) in [5.41, 5.74) is 1.02. The summed E-state index contributed by atoms with van der Waals surface area (Å²) in [6.45, 7) is 1.52. The number of rotatable bonds is 3. The fraction of sp³-hybridized carbons (Fsp3) is 0.438. The summed E-state index contributed by atoms with van der Waals surface area (Å²) in [6, 6.07) is 8.65. The maximum absolute atomic E-state index is 12.3. The molecule has 1 aliphatic rings. The minimum Gasteiger partial charge on any atom is -0.463 e. The topological polar surface area (TPSA) is 81.7 Å². The Hall–Kier alpha value is -2.31. The largest absolute Gasteiger partial charge is 0.463 e. The monoisotopic (exact) mass is 317 g/mol. The van der Waals surface area contributed by atoms with Gasteiger partial charge < -0.3 is 14.8 Å². The van der Waals surface area contributed by atoms with Gasteiger partial charge in [0.05, 0.1) is 12.0 Å². The molecule has 1 heterocycles. The van der Waals surface area contributed by atoms with Crippen molar-refractivity contribution < 1.29 is 23.9 Å². The fourth-order valence-corrected chi connectivity index (χ4v) is 2.59. The van der Waals surface area contributed by atoms with Crippen LogP contribution in [0.2, 0.25) is 0 Å². The lowest BCUT2D eigenvalue weighted by Crippen LogP contribution is -2.45. The van der Waals surface area contributed by atoms with E-state index in [0.29, 0.717) is 12.8 Å². The van der Waals surface area contributed by atoms with Crippen LogP contribution in [-0.4, -0.2) is 44.3 Å². The molecule has 1 aromatic carbocycles. The van der Waals surface area contributed by atoms with Crippen LogP contribution in [0.1, 0.15) is 18.9 Å². The second kappa shape index (κ2) is 7.81. The number of esters is 2. The van der Waals surface area contributed by atoms with Gasteiger partial charge in [0.1, 0.15) is 6.61 Å². The molecule has 1 unspecified atom stereocenters. The summed E-state index contributed by atoms with van der Waals surface area (Å²) in [5.74, 6) is -1.73. The van der Waals surface area contributed by atoms with Crippen molar-refractivity contribution in [2.45, 2.75) is 31.9 Å². The number of amides is 1. The molecule has 0 radical (unpaired) electrons. The molecule has 0 spiro atoms. The molecule has 0 saturated carbocycles. The van der Waals surface area contributed by atoms with Crippen LogP contribution >= 0.6 is 0 Å². The fourth-order valence-electron chi connectivity index (χ4n) is 2.59. The normalized spacial score (nSPS) is 25.3. The first-order valence-corrected chi connectivity index (χ1v) is 7.64. The van der Waals surface area contributed by atoms with Gasteiger partial charge in [0, 0.05) is 0 Å². The minimum absolute atomic E-state index is 0.213. The molecule has 7 heteroatoms. The highest BCUT2D eigenvalue weighted by Crippen LogP contribution is 2.19. The maximum atomic E-state index is 12.3. The number of cyclic esters (lactones) is 2. The van der Waals surface area contributed by atoms with Crippen LogP contribution in [0, 0.1) is 5.92 Å². The zero-order chi connectivity index (χ0) is 16.8. The van der Waals surface area contributed by atoms with Gasteiger partial charge in [-0.15, -0.1) is 0 Å². The first kappa shape index (κ1) is 17.1. The summed E-state index contributed by atoms with van der Waals surface area (Å²) in [7, 11) is 1.30. The predicted molar refractivity (Wildman–Crippen MR) is 85.6 cm³/mol. The summed E-state index contributed by atoms with van der Waals surface area (Å²) < 4.78 is 10.5. The van der Waals surface area contributed by atoms with Crippen LogP contribution in [0.3, 0.4) is 0 Å². The van der Waals surface area contributed by atoms with Crippen molar-refractivity contribution in [3.8, 4) is 0 Å². The molecule has 1 amide bonds. The van der Waals surface area contributed by atoms with Crippen LogP contribution in [0.4, 0.5) is 4.79 Å². The quantitative estimate of drug-likeness (QED) is 0.646. The highest BCUT2D eigenvalue weighted by molar-refractivity contribution is 6.57. The van der Waals surface area contributed by atoms with Crippen molar-refractivity contribution in [3.63, 3.8) is 0 Å². The second-order valence-corrected chi connectivity index (χ2v) is 5.75. The second-order valence-electron chi connectivity index (χ2n) is 5.75.